The Labute approximate surface area is 178 Å². The monoisotopic (exact) mass is 428 g/mol. The third-order valence-electron chi connectivity index (χ3n) is 5.25. The third-order valence-corrected chi connectivity index (χ3v) is 5.54. The van der Waals surface area contributed by atoms with Crippen molar-refractivity contribution in [2.75, 3.05) is 13.2 Å². The van der Waals surface area contributed by atoms with E-state index in [0.29, 0.717) is 59.1 Å². The lowest BCUT2D eigenvalue weighted by Crippen LogP contribution is -2.37. The van der Waals surface area contributed by atoms with Gasteiger partial charge in [-0.3, -0.25) is 9.59 Å². The zero-order chi connectivity index (χ0) is 21.3. The van der Waals surface area contributed by atoms with E-state index in [9.17, 15) is 9.59 Å². The molecule has 0 spiro atoms. The number of carboxylic acids is 1. The first-order valence-electron chi connectivity index (χ1n) is 9.73. The predicted molar refractivity (Wildman–Crippen MR) is 113 cm³/mol. The average Bonchev–Trinajstić information content (AvgIpc) is 2.67. The van der Waals surface area contributed by atoms with Crippen LogP contribution >= 0.6 is 11.6 Å². The Morgan fingerprint density at radius 3 is 2.77 bits per heavy atom. The van der Waals surface area contributed by atoms with Crippen molar-refractivity contribution in [2.24, 2.45) is 5.92 Å². The van der Waals surface area contributed by atoms with E-state index in [1.807, 2.05) is 25.1 Å². The maximum absolute atomic E-state index is 12.5. The van der Waals surface area contributed by atoms with Crippen LogP contribution in [0.4, 0.5) is 0 Å². The number of aryl methyl sites for hydroxylation is 1. The van der Waals surface area contributed by atoms with Gasteiger partial charge >= 0.3 is 5.97 Å². The molecule has 30 heavy (non-hydrogen) atoms. The van der Waals surface area contributed by atoms with Gasteiger partial charge in [-0.2, -0.15) is 0 Å². The Bertz CT molecular complexity index is 1150. The van der Waals surface area contributed by atoms with Gasteiger partial charge in [0.25, 0.3) is 0 Å². The van der Waals surface area contributed by atoms with Gasteiger partial charge in [-0.15, -0.1) is 0 Å². The summed E-state index contributed by atoms with van der Waals surface area (Å²) in [4.78, 5) is 23.4. The minimum absolute atomic E-state index is 0.0344. The third kappa shape index (κ3) is 4.20. The van der Waals surface area contributed by atoms with Crippen molar-refractivity contribution < 1.29 is 23.8 Å². The fraction of sp³-hybridized carbons (Fsp3) is 0.304. The van der Waals surface area contributed by atoms with Crippen LogP contribution in [0.15, 0.2) is 51.7 Å². The van der Waals surface area contributed by atoms with Crippen molar-refractivity contribution in [1.29, 1.82) is 0 Å². The van der Waals surface area contributed by atoms with Crippen LogP contribution in [0.3, 0.4) is 0 Å². The number of hydrogen-bond acceptors (Lipinski definition) is 5. The highest BCUT2D eigenvalue weighted by atomic mass is 35.5. The second kappa shape index (κ2) is 8.50. The van der Waals surface area contributed by atoms with E-state index in [0.717, 1.165) is 5.56 Å². The predicted octanol–water partition coefficient (Wildman–Crippen LogP) is 4.68. The molecule has 4 rings (SSSR count). The first-order valence-corrected chi connectivity index (χ1v) is 10.1. The first kappa shape index (κ1) is 20.4. The average molecular weight is 429 g/mol. The van der Waals surface area contributed by atoms with Crippen molar-refractivity contribution >= 4 is 28.5 Å². The molecule has 6 nitrogen and oxygen atoms in total. The highest BCUT2D eigenvalue weighted by Crippen LogP contribution is 2.34. The fourth-order valence-corrected chi connectivity index (χ4v) is 3.72. The normalized spacial score (nSPS) is 18.2. The summed E-state index contributed by atoms with van der Waals surface area (Å²) < 4.78 is 17.5. The van der Waals surface area contributed by atoms with Crippen LogP contribution in [0.5, 0.6) is 5.75 Å². The van der Waals surface area contributed by atoms with E-state index < -0.39 is 5.97 Å². The maximum atomic E-state index is 12.5. The molecule has 1 fully saturated rings. The lowest BCUT2D eigenvalue weighted by molar-refractivity contribution is -0.151. The summed E-state index contributed by atoms with van der Waals surface area (Å²) in [5, 5.41) is 9.71. The molecule has 3 aromatic rings. The van der Waals surface area contributed by atoms with Crippen LogP contribution in [0, 0.1) is 12.8 Å². The molecular weight excluding hydrogens is 408 g/mol. The molecule has 156 valence electrons. The van der Waals surface area contributed by atoms with Crippen LogP contribution in [0.1, 0.15) is 18.4 Å². The molecule has 1 N–H and O–H groups in total. The maximum Gasteiger partial charge on any atom is 0.306 e. The van der Waals surface area contributed by atoms with Crippen molar-refractivity contribution in [2.45, 2.75) is 25.9 Å². The smallest absolute Gasteiger partial charge is 0.306 e. The fourth-order valence-electron chi connectivity index (χ4n) is 3.51. The highest BCUT2D eigenvalue weighted by molar-refractivity contribution is 6.34. The van der Waals surface area contributed by atoms with E-state index >= 15 is 0 Å². The molecule has 1 aliphatic carbocycles. The lowest BCUT2D eigenvalue weighted by atomic mass is 9.82. The number of aliphatic carboxylic acids is 1. The molecule has 0 atom stereocenters. The van der Waals surface area contributed by atoms with Crippen LogP contribution in [-0.4, -0.2) is 30.4 Å². The quantitative estimate of drug-likeness (QED) is 0.550. The van der Waals surface area contributed by atoms with Crippen molar-refractivity contribution in [1.82, 2.24) is 0 Å². The molecular formula is C23H21ClO6. The van der Waals surface area contributed by atoms with Gasteiger partial charge in [0.1, 0.15) is 18.1 Å². The van der Waals surface area contributed by atoms with E-state index in [-0.39, 0.29) is 17.5 Å². The molecule has 1 aliphatic rings. The topological polar surface area (TPSA) is 86.0 Å². The number of carboxylic acid groups (broad SMARTS) is 1. The molecule has 7 heteroatoms. The number of fused-ring (bicyclic) bond motifs is 1. The highest BCUT2D eigenvalue weighted by Gasteiger charge is 2.34. The van der Waals surface area contributed by atoms with Gasteiger partial charge in [0.05, 0.1) is 34.6 Å². The summed E-state index contributed by atoms with van der Waals surface area (Å²) in [6.07, 6.45) is 1.04. The first-order chi connectivity index (χ1) is 14.4. The van der Waals surface area contributed by atoms with E-state index in [4.69, 9.17) is 30.6 Å². The number of benzene rings is 2. The van der Waals surface area contributed by atoms with Gasteiger partial charge in [0.2, 0.25) is 0 Å². The number of carbonyl (C=O) groups is 1. The molecule has 1 heterocycles. The molecule has 2 aromatic carbocycles. The number of rotatable bonds is 7. The summed E-state index contributed by atoms with van der Waals surface area (Å²) in [5.74, 6) is -0.131. The summed E-state index contributed by atoms with van der Waals surface area (Å²) in [6.45, 7) is 2.58. The second-order valence-corrected chi connectivity index (χ2v) is 7.85. The Kier molecular flexibility index (Phi) is 5.79. The Hall–Kier alpha value is -2.83. The summed E-state index contributed by atoms with van der Waals surface area (Å²) >= 11 is 6.22. The Morgan fingerprint density at radius 1 is 1.20 bits per heavy atom. The minimum Gasteiger partial charge on any atom is -0.490 e. The molecule has 0 saturated heterocycles. The molecule has 1 saturated carbocycles. The molecule has 0 unspecified atom stereocenters. The second-order valence-electron chi connectivity index (χ2n) is 7.44. The number of ether oxygens (including phenoxy) is 2. The lowest BCUT2D eigenvalue weighted by Gasteiger charge is -2.32. The SMILES string of the molecule is Cc1ccc(OCCO[C@H]2C[C@H](C(=O)O)C2)c(-c2cc(=O)c3cccc(Cl)c3o2)c1. The summed E-state index contributed by atoms with van der Waals surface area (Å²) in [6, 6.07) is 12.1. The van der Waals surface area contributed by atoms with Gasteiger partial charge in [0, 0.05) is 6.07 Å². The standard InChI is InChI=1S/C23H21ClO6/c1-13-5-6-20(29-8-7-28-15-10-14(11-15)23(26)27)17(9-13)21-12-19(25)16-3-2-4-18(24)22(16)30-21/h2-6,9,12,14-15H,7-8,10-11H2,1H3,(H,26,27)/t14-,15-. The Balaban J connectivity index is 1.50. The van der Waals surface area contributed by atoms with Crippen LogP contribution in [0.2, 0.25) is 5.02 Å². The molecule has 0 radical (unpaired) electrons. The Morgan fingerprint density at radius 2 is 2.00 bits per heavy atom. The zero-order valence-electron chi connectivity index (χ0n) is 16.4. The minimum atomic E-state index is -0.771. The molecule has 0 amide bonds. The van der Waals surface area contributed by atoms with Crippen molar-refractivity contribution in [3.63, 3.8) is 0 Å². The van der Waals surface area contributed by atoms with Crippen LogP contribution in [0.25, 0.3) is 22.3 Å². The number of halogens is 1. The van der Waals surface area contributed by atoms with Gasteiger partial charge in [-0.1, -0.05) is 29.3 Å². The van der Waals surface area contributed by atoms with Crippen molar-refractivity contribution in [3.05, 3.63) is 63.3 Å². The summed E-state index contributed by atoms with van der Waals surface area (Å²) in [5.41, 5.74) is 1.81. The largest absolute Gasteiger partial charge is 0.490 e. The molecule has 1 aromatic heterocycles. The zero-order valence-corrected chi connectivity index (χ0v) is 17.1. The van der Waals surface area contributed by atoms with Crippen LogP contribution < -0.4 is 10.2 Å². The van der Waals surface area contributed by atoms with E-state index in [1.54, 1.807) is 18.2 Å². The van der Waals surface area contributed by atoms with Gasteiger partial charge in [0.15, 0.2) is 11.0 Å². The van der Waals surface area contributed by atoms with Crippen LogP contribution in [-0.2, 0) is 9.53 Å². The van der Waals surface area contributed by atoms with Gasteiger partial charge in [-0.25, -0.2) is 0 Å². The number of para-hydroxylation sites is 1. The van der Waals surface area contributed by atoms with E-state index in [2.05, 4.69) is 0 Å². The number of hydrogen-bond donors (Lipinski definition) is 1. The summed E-state index contributed by atoms with van der Waals surface area (Å²) in [7, 11) is 0. The van der Waals surface area contributed by atoms with Gasteiger partial charge in [-0.05, 0) is 44.0 Å². The molecule has 0 aliphatic heterocycles. The van der Waals surface area contributed by atoms with Gasteiger partial charge < -0.3 is 19.0 Å². The van der Waals surface area contributed by atoms with Crippen molar-refractivity contribution in [3.8, 4) is 17.1 Å². The van der Waals surface area contributed by atoms with E-state index in [1.165, 1.54) is 6.07 Å². The molecule has 0 bridgehead atoms.